The van der Waals surface area contributed by atoms with Crippen LogP contribution >= 0.6 is 15.9 Å². The number of fused-ring (bicyclic) bond motifs is 2. The number of oxime groups is 1. The van der Waals surface area contributed by atoms with Crippen LogP contribution < -0.4 is 0 Å². The first-order valence-corrected chi connectivity index (χ1v) is 7.80. The summed E-state index contributed by atoms with van der Waals surface area (Å²) in [4.78, 5) is 17.1. The Bertz CT molecular complexity index is 1030. The summed E-state index contributed by atoms with van der Waals surface area (Å²) >= 11 is 3.14. The maximum Gasteiger partial charge on any atom is 0.212 e. The largest absolute Gasteiger partial charge is 0.410 e. The molecule has 0 saturated carbocycles. The van der Waals surface area contributed by atoms with Gasteiger partial charge in [-0.05, 0) is 34.1 Å². The van der Waals surface area contributed by atoms with Crippen LogP contribution in [0.25, 0.3) is 5.69 Å². The van der Waals surface area contributed by atoms with Gasteiger partial charge in [0.2, 0.25) is 5.78 Å². The van der Waals surface area contributed by atoms with Crippen molar-refractivity contribution >= 4 is 27.4 Å². The lowest BCUT2D eigenvalue weighted by Crippen LogP contribution is -2.23. The first-order chi connectivity index (χ1) is 11.6. The minimum atomic E-state index is -0.401. The molecule has 1 heterocycles. The fraction of sp³-hybridized carbons (Fsp3) is 0. The van der Waals surface area contributed by atoms with E-state index in [1.807, 2.05) is 0 Å². The first kappa shape index (κ1) is 14.8. The predicted molar refractivity (Wildman–Crippen MR) is 88.5 cm³/mol. The van der Waals surface area contributed by atoms with E-state index in [9.17, 15) is 14.4 Å². The maximum absolute atomic E-state index is 13.5. The Hall–Kier alpha value is -2.80. The van der Waals surface area contributed by atoms with E-state index in [1.165, 1.54) is 12.4 Å². The molecule has 118 valence electrons. The Balaban J connectivity index is 1.97. The first-order valence-electron chi connectivity index (χ1n) is 7.01. The highest BCUT2D eigenvalue weighted by Crippen LogP contribution is 2.29. The van der Waals surface area contributed by atoms with Gasteiger partial charge in [-0.25, -0.2) is 9.37 Å². The average molecular weight is 386 g/mol. The fourth-order valence-electron chi connectivity index (χ4n) is 2.81. The molecule has 0 unspecified atom stereocenters. The van der Waals surface area contributed by atoms with Crippen molar-refractivity contribution in [2.24, 2.45) is 5.16 Å². The SMILES string of the molecule is O=C1c2ccccc2C(=NO)c2ncn(-c3ccc(F)c(Br)c3)c21. The number of aromatic nitrogens is 2. The van der Waals surface area contributed by atoms with Gasteiger partial charge in [-0.2, -0.15) is 0 Å². The number of carbonyl (C=O) groups is 1. The van der Waals surface area contributed by atoms with E-state index in [0.717, 1.165) is 0 Å². The standard InChI is InChI=1S/C17H9BrFN3O2/c18-12-7-9(5-6-13(12)19)22-8-20-15-14(21-24)10-3-1-2-4-11(10)17(23)16(15)22/h1-8,24H. The normalized spacial score (nSPS) is 14.6. The molecule has 5 nitrogen and oxygen atoms in total. The zero-order valence-electron chi connectivity index (χ0n) is 12.1. The molecular weight excluding hydrogens is 377 g/mol. The molecule has 0 radical (unpaired) electrons. The molecule has 0 amide bonds. The van der Waals surface area contributed by atoms with Crippen LogP contribution in [0.2, 0.25) is 0 Å². The molecule has 24 heavy (non-hydrogen) atoms. The monoisotopic (exact) mass is 385 g/mol. The predicted octanol–water partition coefficient (Wildman–Crippen LogP) is 3.54. The molecule has 1 N–H and O–H groups in total. The fourth-order valence-corrected chi connectivity index (χ4v) is 3.18. The number of imidazole rings is 1. The Morgan fingerprint density at radius 2 is 1.92 bits per heavy atom. The highest BCUT2D eigenvalue weighted by Gasteiger charge is 2.33. The van der Waals surface area contributed by atoms with E-state index in [2.05, 4.69) is 26.1 Å². The topological polar surface area (TPSA) is 67.5 Å². The van der Waals surface area contributed by atoms with E-state index >= 15 is 0 Å². The van der Waals surface area contributed by atoms with E-state index in [4.69, 9.17) is 0 Å². The third-order valence-corrected chi connectivity index (χ3v) is 4.52. The lowest BCUT2D eigenvalue weighted by Gasteiger charge is -2.17. The van der Waals surface area contributed by atoms with Crippen molar-refractivity contribution in [1.82, 2.24) is 9.55 Å². The van der Waals surface area contributed by atoms with Crippen molar-refractivity contribution in [3.63, 3.8) is 0 Å². The molecule has 1 aliphatic carbocycles. The summed E-state index contributed by atoms with van der Waals surface area (Å²) in [7, 11) is 0. The van der Waals surface area contributed by atoms with E-state index in [-0.39, 0.29) is 21.7 Å². The maximum atomic E-state index is 13.5. The minimum absolute atomic E-state index is 0.231. The van der Waals surface area contributed by atoms with Gasteiger partial charge in [0.1, 0.15) is 29.2 Å². The summed E-state index contributed by atoms with van der Waals surface area (Å²) in [6.45, 7) is 0. The molecule has 1 aromatic heterocycles. The highest BCUT2D eigenvalue weighted by molar-refractivity contribution is 9.10. The number of halogens is 2. The number of benzene rings is 2. The molecule has 0 bridgehead atoms. The summed E-state index contributed by atoms with van der Waals surface area (Å²) in [6.07, 6.45) is 1.46. The van der Waals surface area contributed by atoms with Crippen molar-refractivity contribution in [2.45, 2.75) is 0 Å². The van der Waals surface area contributed by atoms with Gasteiger partial charge in [-0.1, -0.05) is 29.4 Å². The van der Waals surface area contributed by atoms with Crippen molar-refractivity contribution in [1.29, 1.82) is 0 Å². The summed E-state index contributed by atoms with van der Waals surface area (Å²) in [5.74, 6) is -0.632. The molecule has 1 aliphatic rings. The van der Waals surface area contributed by atoms with E-state index < -0.39 is 5.82 Å². The quantitative estimate of drug-likeness (QED) is 0.402. The Morgan fingerprint density at radius 3 is 2.62 bits per heavy atom. The van der Waals surface area contributed by atoms with Gasteiger partial charge in [0, 0.05) is 16.8 Å². The average Bonchev–Trinajstić information content (AvgIpc) is 3.03. The molecule has 0 aliphatic heterocycles. The molecule has 2 aromatic carbocycles. The van der Waals surface area contributed by atoms with Crippen LogP contribution in [0, 0.1) is 5.82 Å². The van der Waals surface area contributed by atoms with Gasteiger partial charge in [-0.15, -0.1) is 0 Å². The van der Waals surface area contributed by atoms with Crippen LogP contribution in [0.5, 0.6) is 0 Å². The number of hydrogen-bond donors (Lipinski definition) is 1. The lowest BCUT2D eigenvalue weighted by atomic mass is 9.89. The summed E-state index contributed by atoms with van der Waals surface area (Å²) < 4.78 is 15.3. The van der Waals surface area contributed by atoms with Gasteiger partial charge in [0.05, 0.1) is 4.47 Å². The van der Waals surface area contributed by atoms with Crippen molar-refractivity contribution in [3.05, 3.63) is 81.6 Å². The molecule has 7 heteroatoms. The van der Waals surface area contributed by atoms with Crippen LogP contribution in [0.15, 0.2) is 58.4 Å². The van der Waals surface area contributed by atoms with Crippen LogP contribution in [0.3, 0.4) is 0 Å². The Labute approximate surface area is 144 Å². The van der Waals surface area contributed by atoms with Crippen LogP contribution in [0.4, 0.5) is 4.39 Å². The lowest BCUT2D eigenvalue weighted by molar-refractivity contribution is 0.103. The Kier molecular flexibility index (Phi) is 3.31. The molecule has 0 spiro atoms. The second-order valence-electron chi connectivity index (χ2n) is 5.23. The van der Waals surface area contributed by atoms with Gasteiger partial charge < -0.3 is 5.21 Å². The van der Waals surface area contributed by atoms with E-state index in [0.29, 0.717) is 22.5 Å². The van der Waals surface area contributed by atoms with Crippen LogP contribution in [0.1, 0.15) is 27.3 Å². The zero-order valence-corrected chi connectivity index (χ0v) is 13.7. The molecule has 4 rings (SSSR count). The summed E-state index contributed by atoms with van der Waals surface area (Å²) in [5, 5.41) is 12.7. The van der Waals surface area contributed by atoms with Gasteiger partial charge >= 0.3 is 0 Å². The second kappa shape index (κ2) is 5.38. The van der Waals surface area contributed by atoms with Crippen molar-refractivity contribution in [3.8, 4) is 5.69 Å². The van der Waals surface area contributed by atoms with Gasteiger partial charge in [0.25, 0.3) is 0 Å². The number of ketones is 1. The van der Waals surface area contributed by atoms with Gasteiger partial charge in [0.15, 0.2) is 0 Å². The summed E-state index contributed by atoms with van der Waals surface area (Å²) in [5.41, 5.74) is 2.34. The molecule has 3 aromatic rings. The zero-order chi connectivity index (χ0) is 16.8. The highest BCUT2D eigenvalue weighted by atomic mass is 79.9. The molecular formula is C17H9BrFN3O2. The summed E-state index contributed by atoms with van der Waals surface area (Å²) in [6, 6.07) is 11.3. The minimum Gasteiger partial charge on any atom is -0.410 e. The van der Waals surface area contributed by atoms with Crippen LogP contribution in [-0.4, -0.2) is 26.3 Å². The number of nitrogens with zero attached hydrogens (tertiary/aromatic N) is 3. The van der Waals surface area contributed by atoms with Crippen LogP contribution in [-0.2, 0) is 0 Å². The third-order valence-electron chi connectivity index (χ3n) is 3.92. The van der Waals surface area contributed by atoms with Crippen molar-refractivity contribution in [2.75, 3.05) is 0 Å². The molecule has 0 fully saturated rings. The number of hydrogen-bond acceptors (Lipinski definition) is 4. The van der Waals surface area contributed by atoms with Crippen molar-refractivity contribution < 1.29 is 14.4 Å². The second-order valence-corrected chi connectivity index (χ2v) is 6.09. The van der Waals surface area contributed by atoms with Gasteiger partial charge in [-0.3, -0.25) is 9.36 Å². The smallest absolute Gasteiger partial charge is 0.212 e. The Morgan fingerprint density at radius 1 is 1.17 bits per heavy atom. The molecule has 0 atom stereocenters. The van der Waals surface area contributed by atoms with E-state index in [1.54, 1.807) is 41.0 Å². The number of carbonyl (C=O) groups excluding carboxylic acids is 1. The molecule has 0 saturated heterocycles. The third kappa shape index (κ3) is 2.01. The number of rotatable bonds is 1.